The highest BCUT2D eigenvalue weighted by Crippen LogP contribution is 2.59. The number of piperidine rings is 1. The second kappa shape index (κ2) is 15.7. The number of methoxy groups -OCH3 is 2. The number of likely N-dealkylation sites (tertiary alicyclic amines) is 2. The van der Waals surface area contributed by atoms with E-state index in [0.29, 0.717) is 69.2 Å². The van der Waals surface area contributed by atoms with Crippen molar-refractivity contribution in [3.63, 3.8) is 0 Å². The molecule has 4 N–H and O–H groups in total. The SMILES string of the molecule is COC(=O)N[C@@H](CC#N)C(=O)N1[C@@H]2CC[C@@H](C2)[C@H]1c1nc2ccc(-c3ccc4c(c3)C(F)(F)c3cc(-c5cnc([C@@H]6CC7(CC7)CN6C(=O)[C@@H](NC(=O)OC)C(C)C)[nH]5)ccc3-4)cc2[nH]1. The van der Waals surface area contributed by atoms with Gasteiger partial charge in [0.25, 0.3) is 5.92 Å². The number of nitrogens with one attached hydrogen (secondary N) is 4. The zero-order chi connectivity index (χ0) is 45.5. The second-order valence-corrected chi connectivity index (χ2v) is 18.6. The van der Waals surface area contributed by atoms with Crippen LogP contribution < -0.4 is 10.6 Å². The van der Waals surface area contributed by atoms with Crippen LogP contribution in [0.5, 0.6) is 0 Å². The number of nitrogens with zero attached hydrogens (tertiary/aromatic N) is 5. The number of H-pyrrole nitrogens is 2. The number of benzene rings is 3. The first-order chi connectivity index (χ1) is 31.2. The summed E-state index contributed by atoms with van der Waals surface area (Å²) in [5.41, 5.74) is 4.42. The Kier molecular flexibility index (Phi) is 10.2. The number of imidazole rings is 2. The topological polar surface area (TPSA) is 198 Å². The van der Waals surface area contributed by atoms with Gasteiger partial charge in [-0.15, -0.1) is 0 Å². The van der Waals surface area contributed by atoms with Crippen LogP contribution in [0.3, 0.4) is 0 Å². The van der Waals surface area contributed by atoms with Crippen molar-refractivity contribution in [1.29, 1.82) is 5.26 Å². The molecule has 10 rings (SSSR count). The van der Waals surface area contributed by atoms with Gasteiger partial charge in [0.05, 0.1) is 61.7 Å². The monoisotopic (exact) mass is 885 g/mol. The third-order valence-electron chi connectivity index (χ3n) is 14.4. The maximum absolute atomic E-state index is 16.7. The molecule has 2 saturated heterocycles. The summed E-state index contributed by atoms with van der Waals surface area (Å²) in [6, 6.07) is 15.0. The average molecular weight is 886 g/mol. The van der Waals surface area contributed by atoms with Crippen molar-refractivity contribution in [3.8, 4) is 39.6 Å². The minimum absolute atomic E-state index is 0.00269. The Morgan fingerprint density at radius 1 is 0.892 bits per heavy atom. The largest absolute Gasteiger partial charge is 0.453 e. The molecular weight excluding hydrogens is 837 g/mol. The fourth-order valence-corrected chi connectivity index (χ4v) is 10.9. The van der Waals surface area contributed by atoms with Gasteiger partial charge in [0.15, 0.2) is 0 Å². The summed E-state index contributed by atoms with van der Waals surface area (Å²) in [6.45, 7) is 4.28. The van der Waals surface area contributed by atoms with Gasteiger partial charge in [0, 0.05) is 29.3 Å². The van der Waals surface area contributed by atoms with Gasteiger partial charge in [-0.25, -0.2) is 19.6 Å². The zero-order valence-corrected chi connectivity index (χ0v) is 36.4. The summed E-state index contributed by atoms with van der Waals surface area (Å²) in [4.78, 5) is 71.9. The molecule has 5 aliphatic rings. The highest BCUT2D eigenvalue weighted by molar-refractivity contribution is 5.89. The van der Waals surface area contributed by atoms with Gasteiger partial charge in [-0.05, 0) is 102 Å². The van der Waals surface area contributed by atoms with Crippen molar-refractivity contribution in [2.45, 2.75) is 94.9 Å². The number of carbonyl (C=O) groups is 4. The minimum Gasteiger partial charge on any atom is -0.453 e. The Bertz CT molecular complexity index is 2810. The summed E-state index contributed by atoms with van der Waals surface area (Å²) in [6.07, 6.45) is 5.15. The van der Waals surface area contributed by atoms with Crippen molar-refractivity contribution >= 4 is 35.0 Å². The van der Waals surface area contributed by atoms with E-state index in [4.69, 9.17) is 14.5 Å². The fraction of sp³-hybridized carbons (Fsp3) is 0.438. The lowest BCUT2D eigenvalue weighted by molar-refractivity contribution is -0.138. The molecule has 4 amide bonds. The normalized spacial score (nSPS) is 22.7. The molecule has 5 aromatic rings. The number of hydrogen-bond donors (Lipinski definition) is 4. The number of aromatic amines is 2. The maximum Gasteiger partial charge on any atom is 0.407 e. The van der Waals surface area contributed by atoms with Crippen LogP contribution in [0.1, 0.15) is 93.7 Å². The van der Waals surface area contributed by atoms with E-state index in [2.05, 4.69) is 25.6 Å². The zero-order valence-electron chi connectivity index (χ0n) is 36.4. The number of amides is 4. The Labute approximate surface area is 373 Å². The maximum atomic E-state index is 16.7. The molecule has 1 spiro atoms. The number of fused-ring (bicyclic) bond motifs is 6. The highest BCUT2D eigenvalue weighted by atomic mass is 19.3. The molecule has 6 atom stereocenters. The van der Waals surface area contributed by atoms with E-state index < -0.39 is 30.2 Å². The number of ether oxygens (including phenoxy) is 2. The Balaban J connectivity index is 0.895. The van der Waals surface area contributed by atoms with Crippen molar-refractivity contribution in [1.82, 2.24) is 40.4 Å². The van der Waals surface area contributed by atoms with Gasteiger partial charge < -0.3 is 39.9 Å². The molecule has 0 unspecified atom stereocenters. The van der Waals surface area contributed by atoms with Gasteiger partial charge in [0.2, 0.25) is 11.8 Å². The minimum atomic E-state index is -3.31. The predicted octanol–water partition coefficient (Wildman–Crippen LogP) is 7.86. The van der Waals surface area contributed by atoms with E-state index in [0.717, 1.165) is 32.1 Å². The average Bonchev–Trinajstić information content (AvgIpc) is 3.96. The lowest BCUT2D eigenvalue weighted by atomic mass is 9.97. The quantitative estimate of drug-likeness (QED) is 0.108. The molecule has 2 saturated carbocycles. The summed E-state index contributed by atoms with van der Waals surface area (Å²) in [5.74, 6) is -2.76. The first-order valence-electron chi connectivity index (χ1n) is 22.1. The summed E-state index contributed by atoms with van der Waals surface area (Å²) in [5, 5.41) is 14.6. The third-order valence-corrected chi connectivity index (χ3v) is 14.4. The van der Waals surface area contributed by atoms with Crippen LogP contribution in [0.4, 0.5) is 18.4 Å². The van der Waals surface area contributed by atoms with Crippen molar-refractivity contribution in [2.24, 2.45) is 17.3 Å². The predicted molar refractivity (Wildman–Crippen MR) is 233 cm³/mol. The molecule has 17 heteroatoms. The van der Waals surface area contributed by atoms with Crippen LogP contribution in [0.15, 0.2) is 60.8 Å². The third kappa shape index (κ3) is 7.13. The first-order valence-corrected chi connectivity index (χ1v) is 22.1. The second-order valence-electron chi connectivity index (χ2n) is 18.6. The van der Waals surface area contributed by atoms with Gasteiger partial charge in [-0.2, -0.15) is 14.0 Å². The van der Waals surface area contributed by atoms with Crippen LogP contribution in [-0.2, 0) is 25.0 Å². The number of aromatic nitrogens is 4. The number of rotatable bonds is 10. The number of alkyl halides is 2. The summed E-state index contributed by atoms with van der Waals surface area (Å²) in [7, 11) is 2.46. The molecule has 2 bridgehead atoms. The van der Waals surface area contributed by atoms with Gasteiger partial charge in [0.1, 0.15) is 23.7 Å². The first kappa shape index (κ1) is 42.1. The van der Waals surface area contributed by atoms with Crippen LogP contribution in [0.2, 0.25) is 0 Å². The van der Waals surface area contributed by atoms with Crippen LogP contribution >= 0.6 is 0 Å². The Morgan fingerprint density at radius 3 is 2.26 bits per heavy atom. The van der Waals surface area contributed by atoms with Crippen molar-refractivity contribution in [2.75, 3.05) is 20.8 Å². The van der Waals surface area contributed by atoms with Crippen molar-refractivity contribution in [3.05, 3.63) is 83.6 Å². The van der Waals surface area contributed by atoms with Crippen LogP contribution in [-0.4, -0.2) is 92.6 Å². The molecule has 4 fully saturated rings. The molecule has 3 aromatic carbocycles. The summed E-state index contributed by atoms with van der Waals surface area (Å²) < 4.78 is 42.8. The molecule has 336 valence electrons. The molecule has 3 aliphatic carbocycles. The molecule has 15 nitrogen and oxygen atoms in total. The Hall–Kier alpha value is -6.83. The number of alkyl carbamates (subject to hydrolysis) is 2. The molecule has 0 radical (unpaired) electrons. The number of halogens is 2. The molecule has 65 heavy (non-hydrogen) atoms. The Morgan fingerprint density at radius 2 is 1.57 bits per heavy atom. The number of hydrogen-bond acceptors (Lipinski definition) is 9. The highest BCUT2D eigenvalue weighted by Gasteiger charge is 2.56. The van der Waals surface area contributed by atoms with E-state index in [-0.39, 0.29) is 64.7 Å². The van der Waals surface area contributed by atoms with E-state index in [9.17, 15) is 24.4 Å². The molecule has 4 heterocycles. The lowest BCUT2D eigenvalue weighted by Gasteiger charge is -2.36. The standard InChI is InChI=1S/C48H49F2N9O6/c1-24(2)39(57-46(63)65-4)44(61)58-23-47(14-15-47)21-38(58)41-52-22-37(55-41)27-7-11-31-30-10-6-25(18-32(30)48(49,50)33(31)19-27)26-8-12-34-36(20-26)54-42(53-34)40-28-5-9-29(17-28)59(40)43(60)35(13-16-51)56-45(62)64-3/h6-8,10-12,18-20,22,24,28-29,35,38-40H,5,9,13-15,17,21,23H2,1-4H3,(H,52,55)(H,53,54)(H,56,62)(H,57,63)/t28-,29+,35-,38-,39-,40-/m0/s1. The van der Waals surface area contributed by atoms with Gasteiger partial charge >= 0.3 is 12.2 Å². The van der Waals surface area contributed by atoms with Crippen LogP contribution in [0, 0.1) is 28.6 Å². The van der Waals surface area contributed by atoms with E-state index in [1.165, 1.54) is 20.3 Å². The number of carbonyl (C=O) groups excluding carboxylic acids is 4. The van der Waals surface area contributed by atoms with Gasteiger partial charge in [-0.1, -0.05) is 44.2 Å². The molecule has 2 aromatic heterocycles. The number of nitriles is 1. The van der Waals surface area contributed by atoms with E-state index in [1.807, 2.05) is 44.2 Å². The molecule has 2 aliphatic heterocycles. The van der Waals surface area contributed by atoms with E-state index >= 15 is 8.78 Å². The van der Waals surface area contributed by atoms with Crippen LogP contribution in [0.25, 0.3) is 44.5 Å². The molecular formula is C48H49F2N9O6. The smallest absolute Gasteiger partial charge is 0.407 e. The fourth-order valence-electron chi connectivity index (χ4n) is 10.9. The van der Waals surface area contributed by atoms with Gasteiger partial charge in [-0.3, -0.25) is 9.59 Å². The van der Waals surface area contributed by atoms with E-state index in [1.54, 1.807) is 40.3 Å². The lowest BCUT2D eigenvalue weighted by Crippen LogP contribution is -2.51. The van der Waals surface area contributed by atoms with Crippen molar-refractivity contribution < 1.29 is 37.4 Å². The summed E-state index contributed by atoms with van der Waals surface area (Å²) >= 11 is 0.